The minimum atomic E-state index is -1.06. The number of benzene rings is 4. The fraction of sp³-hybridized carbons (Fsp3) is 0.211. The molecule has 1 aliphatic rings. The lowest BCUT2D eigenvalue weighted by Gasteiger charge is -2.25. The van der Waals surface area contributed by atoms with Gasteiger partial charge < -0.3 is 23.9 Å². The minimum Gasteiger partial charge on any atom is -0.374 e. The van der Waals surface area contributed by atoms with E-state index < -0.39 is 35.8 Å². The summed E-state index contributed by atoms with van der Waals surface area (Å²) in [5.41, 5.74) is 4.14. The van der Waals surface area contributed by atoms with E-state index in [-0.39, 0.29) is 19.8 Å². The summed E-state index contributed by atoms with van der Waals surface area (Å²) in [6.45, 7) is 1.07. The van der Waals surface area contributed by atoms with E-state index in [1.807, 2.05) is 127 Å². The lowest BCUT2D eigenvalue weighted by Crippen LogP contribution is -2.44. The van der Waals surface area contributed by atoms with E-state index in [9.17, 15) is 9.59 Å². The Bertz CT molecular complexity index is 2010. The maximum atomic E-state index is 14.1. The molecule has 1 N–H and O–H groups in total. The molecular weight excluding hydrogens is 612 g/mol. The molecule has 4 atom stereocenters. The van der Waals surface area contributed by atoms with Crippen LogP contribution in [0.25, 0.3) is 21.3 Å². The van der Waals surface area contributed by atoms with Gasteiger partial charge in [0.1, 0.15) is 23.0 Å². The molecule has 3 heterocycles. The number of hydrogen-bond donors (Lipinski definition) is 1. The normalized spacial score (nSPS) is 19.3. The third kappa shape index (κ3) is 6.90. The molecule has 0 radical (unpaired) electrons. The van der Waals surface area contributed by atoms with Crippen LogP contribution in [0.3, 0.4) is 0 Å². The number of rotatable bonds is 12. The van der Waals surface area contributed by atoms with Gasteiger partial charge in [0, 0.05) is 10.9 Å². The van der Waals surface area contributed by atoms with Crippen LogP contribution < -0.4 is 11.2 Å². The topological polar surface area (TPSA) is 91.8 Å². The van der Waals surface area contributed by atoms with E-state index in [1.165, 1.54) is 11.3 Å². The second kappa shape index (κ2) is 14.4. The average Bonchev–Trinajstić information content (AvgIpc) is 3.69. The van der Waals surface area contributed by atoms with E-state index in [4.69, 9.17) is 18.9 Å². The molecule has 6 aromatic rings. The molecular formula is C38H34N2O6S. The molecule has 0 saturated carbocycles. The SMILES string of the molecule is O=c1[nH]c2c(-c3ccccc3)csc2c(=O)n1[C@@H]1O[C@H](COCc2ccccc2)[C@@H](OCc2ccccc2)[C@H]1OCc1ccccc1. The van der Waals surface area contributed by atoms with Crippen LogP contribution in [0.4, 0.5) is 0 Å². The maximum absolute atomic E-state index is 14.1. The Morgan fingerprint density at radius 1 is 0.681 bits per heavy atom. The molecule has 1 saturated heterocycles. The van der Waals surface area contributed by atoms with Gasteiger partial charge in [-0.05, 0) is 22.3 Å². The molecule has 0 aliphatic carbocycles. The first-order valence-corrected chi connectivity index (χ1v) is 16.4. The van der Waals surface area contributed by atoms with Gasteiger partial charge in [-0.15, -0.1) is 11.3 Å². The summed E-state index contributed by atoms with van der Waals surface area (Å²) in [4.78, 5) is 31.0. The standard InChI is InChI=1S/C38H34N2O6S/c41-36-35-32(30(25-47-35)29-19-11-4-12-20-29)39-38(42)40(36)37-34(45-23-28-17-9-3-10-18-28)33(44-22-27-15-7-2-8-16-27)31(46-37)24-43-21-26-13-5-1-6-14-26/h1-20,25,31,33-34,37H,21-24H2,(H,39,42)/t31-,33-,34-,37-/m1/s1. The fourth-order valence-corrected chi connectivity index (χ4v) is 6.87. The summed E-state index contributed by atoms with van der Waals surface area (Å²) in [7, 11) is 0. The second-order valence-electron chi connectivity index (χ2n) is 11.4. The number of hydrogen-bond acceptors (Lipinski definition) is 7. The predicted octanol–water partition coefficient (Wildman–Crippen LogP) is 6.70. The lowest BCUT2D eigenvalue weighted by atomic mass is 10.1. The zero-order chi connectivity index (χ0) is 32.0. The Labute approximate surface area is 275 Å². The number of aromatic amines is 1. The first-order chi connectivity index (χ1) is 23.2. The van der Waals surface area contributed by atoms with Gasteiger partial charge in [0.05, 0.1) is 31.9 Å². The van der Waals surface area contributed by atoms with E-state index >= 15 is 0 Å². The third-order valence-electron chi connectivity index (χ3n) is 8.24. The molecule has 8 nitrogen and oxygen atoms in total. The quantitative estimate of drug-likeness (QED) is 0.159. The summed E-state index contributed by atoms with van der Waals surface area (Å²) >= 11 is 1.29. The smallest absolute Gasteiger partial charge is 0.331 e. The molecule has 4 aromatic carbocycles. The van der Waals surface area contributed by atoms with Crippen LogP contribution in [-0.4, -0.2) is 34.5 Å². The zero-order valence-electron chi connectivity index (χ0n) is 25.6. The first kappa shape index (κ1) is 31.0. The number of fused-ring (bicyclic) bond motifs is 1. The second-order valence-corrected chi connectivity index (χ2v) is 12.3. The van der Waals surface area contributed by atoms with Gasteiger partial charge in [0.2, 0.25) is 0 Å². The largest absolute Gasteiger partial charge is 0.374 e. The Balaban J connectivity index is 1.25. The lowest BCUT2D eigenvalue weighted by molar-refractivity contribution is -0.0924. The first-order valence-electron chi connectivity index (χ1n) is 15.6. The van der Waals surface area contributed by atoms with Crippen molar-refractivity contribution in [2.24, 2.45) is 0 Å². The van der Waals surface area contributed by atoms with Crippen molar-refractivity contribution in [3.63, 3.8) is 0 Å². The summed E-state index contributed by atoms with van der Waals surface area (Å²) in [6, 6.07) is 39.1. The molecule has 0 spiro atoms. The molecule has 0 bridgehead atoms. The van der Waals surface area contributed by atoms with Crippen molar-refractivity contribution in [3.8, 4) is 11.1 Å². The Morgan fingerprint density at radius 3 is 1.81 bits per heavy atom. The van der Waals surface area contributed by atoms with E-state index in [2.05, 4.69) is 4.98 Å². The van der Waals surface area contributed by atoms with Crippen LogP contribution >= 0.6 is 11.3 Å². The molecule has 9 heteroatoms. The van der Waals surface area contributed by atoms with Gasteiger partial charge in [-0.1, -0.05) is 121 Å². The molecule has 1 aliphatic heterocycles. The average molecular weight is 647 g/mol. The van der Waals surface area contributed by atoms with E-state index in [1.54, 1.807) is 0 Å². The van der Waals surface area contributed by atoms with Crippen molar-refractivity contribution < 1.29 is 18.9 Å². The number of aromatic nitrogens is 2. The third-order valence-corrected chi connectivity index (χ3v) is 9.21. The van der Waals surface area contributed by atoms with Gasteiger partial charge in [-0.3, -0.25) is 4.79 Å². The van der Waals surface area contributed by atoms with Crippen LogP contribution in [0.5, 0.6) is 0 Å². The van der Waals surface area contributed by atoms with Crippen LogP contribution in [0.2, 0.25) is 0 Å². The van der Waals surface area contributed by atoms with Crippen LogP contribution in [-0.2, 0) is 38.8 Å². The highest BCUT2D eigenvalue weighted by molar-refractivity contribution is 7.17. The molecule has 0 unspecified atom stereocenters. The van der Waals surface area contributed by atoms with Crippen molar-refractivity contribution in [2.45, 2.75) is 44.4 Å². The van der Waals surface area contributed by atoms with Crippen LogP contribution in [0, 0.1) is 0 Å². The molecule has 0 amide bonds. The fourth-order valence-electron chi connectivity index (χ4n) is 5.90. The van der Waals surface area contributed by atoms with Gasteiger partial charge in [0.15, 0.2) is 6.23 Å². The maximum Gasteiger partial charge on any atom is 0.331 e. The molecule has 7 rings (SSSR count). The highest BCUT2D eigenvalue weighted by atomic mass is 32.1. The Morgan fingerprint density at radius 2 is 1.21 bits per heavy atom. The van der Waals surface area contributed by atoms with E-state index in [0.717, 1.165) is 32.4 Å². The van der Waals surface area contributed by atoms with Crippen molar-refractivity contribution in [1.29, 1.82) is 0 Å². The number of nitrogens with zero attached hydrogens (tertiary/aromatic N) is 1. The highest BCUT2D eigenvalue weighted by Gasteiger charge is 2.48. The Hall–Kier alpha value is -4.64. The molecule has 1 fully saturated rings. The summed E-state index contributed by atoms with van der Waals surface area (Å²) in [6.07, 6.45) is -3.13. The zero-order valence-corrected chi connectivity index (χ0v) is 26.4. The van der Waals surface area contributed by atoms with E-state index in [0.29, 0.717) is 16.8 Å². The van der Waals surface area contributed by atoms with Gasteiger partial charge >= 0.3 is 5.69 Å². The van der Waals surface area contributed by atoms with Gasteiger partial charge in [-0.2, -0.15) is 0 Å². The number of thiophene rings is 1. The molecule has 2 aromatic heterocycles. The molecule has 47 heavy (non-hydrogen) atoms. The van der Waals surface area contributed by atoms with Crippen LogP contribution in [0.1, 0.15) is 22.9 Å². The summed E-state index contributed by atoms with van der Waals surface area (Å²) in [5.74, 6) is 0. The predicted molar refractivity (Wildman–Crippen MR) is 182 cm³/mol. The number of nitrogens with one attached hydrogen (secondary N) is 1. The number of H-pyrrole nitrogens is 1. The highest BCUT2D eigenvalue weighted by Crippen LogP contribution is 2.35. The summed E-state index contributed by atoms with van der Waals surface area (Å²) < 4.78 is 27.3. The van der Waals surface area contributed by atoms with Crippen molar-refractivity contribution in [2.75, 3.05) is 6.61 Å². The molecule has 238 valence electrons. The summed E-state index contributed by atoms with van der Waals surface area (Å²) in [5, 5.41) is 1.90. The van der Waals surface area contributed by atoms with Gasteiger partial charge in [-0.25, -0.2) is 9.36 Å². The number of ether oxygens (including phenoxy) is 4. The monoisotopic (exact) mass is 646 g/mol. The van der Waals surface area contributed by atoms with Gasteiger partial charge in [0.25, 0.3) is 5.56 Å². The van der Waals surface area contributed by atoms with Crippen molar-refractivity contribution >= 4 is 21.6 Å². The Kier molecular flexibility index (Phi) is 9.50. The van der Waals surface area contributed by atoms with Crippen molar-refractivity contribution in [1.82, 2.24) is 9.55 Å². The minimum absolute atomic E-state index is 0.169. The van der Waals surface area contributed by atoms with Crippen LogP contribution in [0.15, 0.2) is 136 Å². The van der Waals surface area contributed by atoms with Crippen molar-refractivity contribution in [3.05, 3.63) is 164 Å².